The number of oxime groups is 1. The Hall–Kier alpha value is -1.40. The molecular formula is C17H27NO5. The van der Waals surface area contributed by atoms with Gasteiger partial charge in [0.2, 0.25) is 0 Å². The SMILES string of the molecule is CCCCC(O)C=CC1C[C@@H]2C(=NOCCC(=O)O)C[C@H]2C1O. The molecule has 0 spiro atoms. The molecule has 3 unspecified atom stereocenters. The average Bonchev–Trinajstić information content (AvgIpc) is 2.74. The van der Waals surface area contributed by atoms with Gasteiger partial charge in [-0.05, 0) is 25.2 Å². The number of carboxylic acid groups (broad SMARTS) is 1. The van der Waals surface area contributed by atoms with E-state index in [-0.39, 0.29) is 30.8 Å². The van der Waals surface area contributed by atoms with Crippen molar-refractivity contribution >= 4 is 11.7 Å². The fraction of sp³-hybridized carbons (Fsp3) is 0.765. The van der Waals surface area contributed by atoms with Gasteiger partial charge < -0.3 is 20.2 Å². The molecule has 2 saturated carbocycles. The number of nitrogens with zero attached hydrogens (tertiary/aromatic N) is 1. The smallest absolute Gasteiger partial charge is 0.306 e. The fourth-order valence-corrected chi connectivity index (χ4v) is 3.38. The number of aliphatic hydroxyl groups is 2. The molecule has 130 valence electrons. The monoisotopic (exact) mass is 325 g/mol. The van der Waals surface area contributed by atoms with Crippen molar-refractivity contribution < 1.29 is 25.0 Å². The van der Waals surface area contributed by atoms with E-state index in [0.717, 1.165) is 31.4 Å². The highest BCUT2D eigenvalue weighted by Gasteiger charge is 2.51. The summed E-state index contributed by atoms with van der Waals surface area (Å²) in [6.45, 7) is 2.17. The van der Waals surface area contributed by atoms with Crippen molar-refractivity contribution in [2.45, 2.75) is 57.7 Å². The zero-order chi connectivity index (χ0) is 16.8. The van der Waals surface area contributed by atoms with Crippen molar-refractivity contribution in [1.82, 2.24) is 0 Å². The number of fused-ring (bicyclic) bond motifs is 1. The molecule has 0 amide bonds. The van der Waals surface area contributed by atoms with E-state index in [9.17, 15) is 15.0 Å². The van der Waals surface area contributed by atoms with Crippen LogP contribution >= 0.6 is 0 Å². The lowest BCUT2D eigenvalue weighted by Crippen LogP contribution is -2.38. The minimum Gasteiger partial charge on any atom is -0.481 e. The Morgan fingerprint density at radius 2 is 2.30 bits per heavy atom. The quantitative estimate of drug-likeness (QED) is 0.342. The summed E-state index contributed by atoms with van der Waals surface area (Å²) in [6, 6.07) is 0. The van der Waals surface area contributed by atoms with Gasteiger partial charge >= 0.3 is 5.97 Å². The van der Waals surface area contributed by atoms with Gasteiger partial charge in [0.05, 0.1) is 24.3 Å². The molecule has 0 aromatic carbocycles. The molecule has 3 N–H and O–H groups in total. The van der Waals surface area contributed by atoms with Gasteiger partial charge in [-0.1, -0.05) is 37.1 Å². The van der Waals surface area contributed by atoms with Crippen LogP contribution in [0.2, 0.25) is 0 Å². The molecule has 0 radical (unpaired) electrons. The Kier molecular flexibility index (Phi) is 6.59. The second kappa shape index (κ2) is 8.45. The van der Waals surface area contributed by atoms with Crippen LogP contribution in [0.15, 0.2) is 17.3 Å². The Morgan fingerprint density at radius 3 is 3.00 bits per heavy atom. The molecule has 23 heavy (non-hydrogen) atoms. The highest BCUT2D eigenvalue weighted by atomic mass is 16.6. The van der Waals surface area contributed by atoms with Gasteiger partial charge in [-0.3, -0.25) is 4.79 Å². The molecule has 6 nitrogen and oxygen atoms in total. The Morgan fingerprint density at radius 1 is 1.52 bits per heavy atom. The highest BCUT2D eigenvalue weighted by molar-refractivity contribution is 5.93. The maximum atomic E-state index is 10.4. The van der Waals surface area contributed by atoms with Crippen LogP contribution < -0.4 is 0 Å². The number of aliphatic hydroxyl groups excluding tert-OH is 2. The average molecular weight is 325 g/mol. The van der Waals surface area contributed by atoms with Crippen LogP contribution in [0.4, 0.5) is 0 Å². The van der Waals surface area contributed by atoms with Crippen molar-refractivity contribution in [1.29, 1.82) is 0 Å². The van der Waals surface area contributed by atoms with E-state index in [1.54, 1.807) is 6.08 Å². The second-order valence-electron chi connectivity index (χ2n) is 6.52. The molecule has 0 aromatic heterocycles. The van der Waals surface area contributed by atoms with E-state index in [4.69, 9.17) is 9.94 Å². The van der Waals surface area contributed by atoms with E-state index in [2.05, 4.69) is 12.1 Å². The molecule has 2 aliphatic carbocycles. The van der Waals surface area contributed by atoms with Gasteiger partial charge in [0, 0.05) is 11.8 Å². The maximum absolute atomic E-state index is 10.4. The number of rotatable bonds is 9. The topological polar surface area (TPSA) is 99.4 Å². The first-order valence-electron chi connectivity index (χ1n) is 8.47. The zero-order valence-electron chi connectivity index (χ0n) is 13.6. The van der Waals surface area contributed by atoms with E-state index in [1.807, 2.05) is 6.08 Å². The third-order valence-electron chi connectivity index (χ3n) is 4.82. The minimum atomic E-state index is -0.903. The molecule has 2 aliphatic rings. The number of carbonyl (C=O) groups is 1. The van der Waals surface area contributed by atoms with Crippen LogP contribution in [0.25, 0.3) is 0 Å². The zero-order valence-corrected chi connectivity index (χ0v) is 13.6. The van der Waals surface area contributed by atoms with Crippen LogP contribution in [0.1, 0.15) is 45.4 Å². The van der Waals surface area contributed by atoms with Gasteiger partial charge in [-0.2, -0.15) is 0 Å². The lowest BCUT2D eigenvalue weighted by Gasteiger charge is -2.33. The molecule has 5 atom stereocenters. The van der Waals surface area contributed by atoms with Gasteiger partial charge in [-0.25, -0.2) is 0 Å². The van der Waals surface area contributed by atoms with Gasteiger partial charge in [0.15, 0.2) is 0 Å². The molecule has 2 rings (SSSR count). The predicted octanol–water partition coefficient (Wildman–Crippen LogP) is 1.96. The van der Waals surface area contributed by atoms with Crippen LogP contribution in [-0.4, -0.2) is 45.8 Å². The third-order valence-corrected chi connectivity index (χ3v) is 4.82. The molecule has 0 aliphatic heterocycles. The number of aliphatic carboxylic acids is 1. The molecular weight excluding hydrogens is 298 g/mol. The molecule has 0 aromatic rings. The van der Waals surface area contributed by atoms with Gasteiger partial charge in [0.1, 0.15) is 6.61 Å². The molecule has 0 heterocycles. The highest BCUT2D eigenvalue weighted by Crippen LogP contribution is 2.48. The number of hydrogen-bond donors (Lipinski definition) is 3. The summed E-state index contributed by atoms with van der Waals surface area (Å²) in [4.78, 5) is 15.4. The maximum Gasteiger partial charge on any atom is 0.306 e. The first-order valence-corrected chi connectivity index (χ1v) is 8.47. The van der Waals surface area contributed by atoms with Crippen LogP contribution in [-0.2, 0) is 9.63 Å². The van der Waals surface area contributed by atoms with E-state index >= 15 is 0 Å². The van der Waals surface area contributed by atoms with E-state index in [1.165, 1.54) is 0 Å². The minimum absolute atomic E-state index is 0.0491. The van der Waals surface area contributed by atoms with Crippen LogP contribution in [0.5, 0.6) is 0 Å². The lowest BCUT2D eigenvalue weighted by molar-refractivity contribution is -0.138. The summed E-state index contributed by atoms with van der Waals surface area (Å²) in [5, 5.41) is 32.7. The molecule has 0 bridgehead atoms. The fourth-order valence-electron chi connectivity index (χ4n) is 3.38. The number of hydrogen-bond acceptors (Lipinski definition) is 5. The van der Waals surface area contributed by atoms with Crippen molar-refractivity contribution in [3.05, 3.63) is 12.2 Å². The van der Waals surface area contributed by atoms with Crippen molar-refractivity contribution in [3.63, 3.8) is 0 Å². The van der Waals surface area contributed by atoms with Gasteiger partial charge in [0.25, 0.3) is 0 Å². The second-order valence-corrected chi connectivity index (χ2v) is 6.52. The standard InChI is InChI=1S/C17H27NO5/c1-2-3-4-12(19)6-5-11-9-13-14(17(11)22)10-15(13)18-23-8-7-16(20)21/h5-6,11-14,17,19,22H,2-4,7-10H2,1H3,(H,20,21)/t11?,12?,13-,14+,17?/m0/s1. The summed E-state index contributed by atoms with van der Waals surface area (Å²) in [6.07, 6.45) is 7.17. The Balaban J connectivity index is 1.79. The summed E-state index contributed by atoms with van der Waals surface area (Å²) in [7, 11) is 0. The third kappa shape index (κ3) is 4.78. The summed E-state index contributed by atoms with van der Waals surface area (Å²) < 4.78 is 0. The normalized spacial score (nSPS) is 32.7. The summed E-state index contributed by atoms with van der Waals surface area (Å²) in [5.41, 5.74) is 0.918. The van der Waals surface area contributed by atoms with Crippen LogP contribution in [0.3, 0.4) is 0 Å². The number of carboxylic acids is 1. The van der Waals surface area contributed by atoms with E-state index < -0.39 is 18.2 Å². The lowest BCUT2D eigenvalue weighted by atomic mass is 9.73. The van der Waals surface area contributed by atoms with Crippen molar-refractivity contribution in [2.24, 2.45) is 22.9 Å². The van der Waals surface area contributed by atoms with E-state index in [0.29, 0.717) is 6.42 Å². The summed E-state index contributed by atoms with van der Waals surface area (Å²) >= 11 is 0. The number of unbranched alkanes of at least 4 members (excludes halogenated alkanes) is 1. The first kappa shape index (κ1) is 17.9. The molecule has 0 saturated heterocycles. The largest absolute Gasteiger partial charge is 0.481 e. The first-order chi connectivity index (χ1) is 11.0. The Labute approximate surface area is 136 Å². The molecule has 2 fully saturated rings. The van der Waals surface area contributed by atoms with Crippen LogP contribution in [0, 0.1) is 17.8 Å². The predicted molar refractivity (Wildman–Crippen MR) is 86.0 cm³/mol. The summed E-state index contributed by atoms with van der Waals surface area (Å²) in [5.74, 6) is -0.427. The van der Waals surface area contributed by atoms with Crippen molar-refractivity contribution in [3.8, 4) is 0 Å². The van der Waals surface area contributed by atoms with Crippen molar-refractivity contribution in [2.75, 3.05) is 6.61 Å². The Bertz CT molecular complexity index is 462. The molecule has 6 heteroatoms. The van der Waals surface area contributed by atoms with Gasteiger partial charge in [-0.15, -0.1) is 0 Å².